The summed E-state index contributed by atoms with van der Waals surface area (Å²) >= 11 is 0. The first-order valence-electron chi connectivity index (χ1n) is 7.82. The summed E-state index contributed by atoms with van der Waals surface area (Å²) in [5.41, 5.74) is 0.450. The maximum atomic E-state index is 12.1. The van der Waals surface area contributed by atoms with Crippen molar-refractivity contribution in [2.45, 2.75) is 38.1 Å². The highest BCUT2D eigenvalue weighted by molar-refractivity contribution is 7.92. The van der Waals surface area contributed by atoms with E-state index in [1.165, 1.54) is 11.4 Å². The van der Waals surface area contributed by atoms with Gasteiger partial charge in [-0.3, -0.25) is 9.10 Å². The van der Waals surface area contributed by atoms with E-state index in [9.17, 15) is 13.2 Å². The lowest BCUT2D eigenvalue weighted by atomic mass is 10.2. The molecular formula is C16H24N2O4S. The van der Waals surface area contributed by atoms with Crippen LogP contribution in [0.25, 0.3) is 0 Å². The third kappa shape index (κ3) is 4.86. The van der Waals surface area contributed by atoms with Crippen LogP contribution in [0.4, 0.5) is 5.69 Å². The predicted molar refractivity (Wildman–Crippen MR) is 90.2 cm³/mol. The summed E-state index contributed by atoms with van der Waals surface area (Å²) < 4.78 is 30.6. The van der Waals surface area contributed by atoms with Gasteiger partial charge in [0, 0.05) is 19.0 Å². The first-order valence-corrected chi connectivity index (χ1v) is 9.66. The van der Waals surface area contributed by atoms with E-state index in [0.717, 1.165) is 31.9 Å². The predicted octanol–water partition coefficient (Wildman–Crippen LogP) is 1.91. The Hall–Kier alpha value is -1.76. The van der Waals surface area contributed by atoms with E-state index in [4.69, 9.17) is 4.74 Å². The number of carbonyl (C=O) groups excluding carboxylic acids is 1. The number of amides is 1. The lowest BCUT2D eigenvalue weighted by molar-refractivity contribution is -0.121. The number of carbonyl (C=O) groups is 1. The zero-order valence-corrected chi connectivity index (χ0v) is 14.4. The van der Waals surface area contributed by atoms with Crippen LogP contribution in [-0.2, 0) is 14.8 Å². The summed E-state index contributed by atoms with van der Waals surface area (Å²) in [6.07, 6.45) is 5.56. The quantitative estimate of drug-likeness (QED) is 0.823. The highest BCUT2D eigenvalue weighted by Gasteiger charge is 2.23. The van der Waals surface area contributed by atoms with Crippen molar-refractivity contribution in [1.82, 2.24) is 5.32 Å². The van der Waals surface area contributed by atoms with Crippen LogP contribution in [0.15, 0.2) is 24.3 Å². The second kappa shape index (κ2) is 7.68. The van der Waals surface area contributed by atoms with E-state index in [1.807, 2.05) is 0 Å². The zero-order valence-electron chi connectivity index (χ0n) is 13.6. The van der Waals surface area contributed by atoms with Gasteiger partial charge in [0.1, 0.15) is 5.75 Å². The number of hydrogen-bond donors (Lipinski definition) is 1. The molecule has 1 saturated carbocycles. The molecule has 2 rings (SSSR count). The molecule has 128 valence electrons. The first kappa shape index (κ1) is 17.6. The monoisotopic (exact) mass is 340 g/mol. The van der Waals surface area contributed by atoms with E-state index >= 15 is 0 Å². The van der Waals surface area contributed by atoms with Gasteiger partial charge in [-0.1, -0.05) is 25.0 Å². The maximum Gasteiger partial charge on any atom is 0.232 e. The first-order chi connectivity index (χ1) is 10.9. The van der Waals surface area contributed by atoms with Gasteiger partial charge in [0.2, 0.25) is 15.9 Å². The molecule has 23 heavy (non-hydrogen) atoms. The Morgan fingerprint density at radius 2 is 1.96 bits per heavy atom. The van der Waals surface area contributed by atoms with Crippen LogP contribution in [0.3, 0.4) is 0 Å². The van der Waals surface area contributed by atoms with Crippen LogP contribution in [0.2, 0.25) is 0 Å². The molecule has 7 heteroatoms. The van der Waals surface area contributed by atoms with Gasteiger partial charge in [-0.05, 0) is 25.0 Å². The molecule has 1 aliphatic rings. The number of rotatable bonds is 7. The van der Waals surface area contributed by atoms with Crippen molar-refractivity contribution in [3.8, 4) is 5.75 Å². The van der Waals surface area contributed by atoms with E-state index in [-0.39, 0.29) is 24.9 Å². The van der Waals surface area contributed by atoms with E-state index < -0.39 is 10.0 Å². The molecule has 0 radical (unpaired) electrons. The number of nitrogens with zero attached hydrogens (tertiary/aromatic N) is 1. The Kier molecular flexibility index (Phi) is 5.87. The number of benzene rings is 1. The number of nitrogens with one attached hydrogen (secondary N) is 1. The Bertz CT molecular complexity index is 639. The standard InChI is InChI=1S/C16H24N2O4S/c1-22-15-10-6-5-9-14(15)18(23(2,20)21)12-11-16(19)17-13-7-3-4-8-13/h5-6,9-10,13H,3-4,7-8,11-12H2,1-2H3,(H,17,19). The number of ether oxygens (including phenoxy) is 1. The SMILES string of the molecule is COc1ccccc1N(CCC(=O)NC1CCCC1)S(C)(=O)=O. The molecule has 0 spiro atoms. The number of anilines is 1. The fraction of sp³-hybridized carbons (Fsp3) is 0.562. The topological polar surface area (TPSA) is 75.7 Å². The molecule has 1 aromatic rings. The summed E-state index contributed by atoms with van der Waals surface area (Å²) in [7, 11) is -2.01. The lowest BCUT2D eigenvalue weighted by Gasteiger charge is -2.24. The van der Waals surface area contributed by atoms with E-state index in [1.54, 1.807) is 24.3 Å². The smallest absolute Gasteiger partial charge is 0.232 e. The fourth-order valence-electron chi connectivity index (χ4n) is 2.87. The molecule has 1 aromatic carbocycles. The van der Waals surface area contributed by atoms with Crippen LogP contribution in [0.5, 0.6) is 5.75 Å². The van der Waals surface area contributed by atoms with Gasteiger partial charge in [0.05, 0.1) is 19.1 Å². The molecule has 0 bridgehead atoms. The van der Waals surface area contributed by atoms with Gasteiger partial charge in [-0.25, -0.2) is 8.42 Å². The van der Waals surface area contributed by atoms with Crippen LogP contribution < -0.4 is 14.4 Å². The van der Waals surface area contributed by atoms with Crippen molar-refractivity contribution in [3.63, 3.8) is 0 Å². The molecule has 0 heterocycles. The summed E-state index contributed by atoms with van der Waals surface area (Å²) in [6.45, 7) is 0.0950. The van der Waals surface area contributed by atoms with Crippen LogP contribution >= 0.6 is 0 Å². The highest BCUT2D eigenvalue weighted by Crippen LogP contribution is 2.29. The van der Waals surface area contributed by atoms with Crippen molar-refractivity contribution in [2.24, 2.45) is 0 Å². The molecule has 6 nitrogen and oxygen atoms in total. The third-order valence-electron chi connectivity index (χ3n) is 4.02. The average Bonchev–Trinajstić information content (AvgIpc) is 2.99. The van der Waals surface area contributed by atoms with Gasteiger partial charge in [0.25, 0.3) is 0 Å². The number of hydrogen-bond acceptors (Lipinski definition) is 4. The van der Waals surface area contributed by atoms with Crippen molar-refractivity contribution < 1.29 is 17.9 Å². The van der Waals surface area contributed by atoms with E-state index in [2.05, 4.69) is 5.32 Å². The number of methoxy groups -OCH3 is 1. The molecule has 0 aliphatic heterocycles. The highest BCUT2D eigenvalue weighted by atomic mass is 32.2. The van der Waals surface area contributed by atoms with Gasteiger partial charge in [-0.15, -0.1) is 0 Å². The molecule has 1 N–H and O–H groups in total. The van der Waals surface area contributed by atoms with Crippen LogP contribution in [0, 0.1) is 0 Å². The Morgan fingerprint density at radius 3 is 2.57 bits per heavy atom. The molecular weight excluding hydrogens is 316 g/mol. The summed E-state index contributed by atoms with van der Waals surface area (Å²) in [5.74, 6) is 0.356. The molecule has 1 amide bonds. The fourth-order valence-corrected chi connectivity index (χ4v) is 3.80. The van der Waals surface area contributed by atoms with Crippen molar-refractivity contribution >= 4 is 21.6 Å². The van der Waals surface area contributed by atoms with Crippen LogP contribution in [0.1, 0.15) is 32.1 Å². The third-order valence-corrected chi connectivity index (χ3v) is 5.20. The Balaban J connectivity index is 2.06. The molecule has 0 saturated heterocycles. The normalized spacial score (nSPS) is 15.4. The minimum absolute atomic E-state index is 0.0950. The van der Waals surface area contributed by atoms with Gasteiger partial charge < -0.3 is 10.1 Å². The second-order valence-electron chi connectivity index (χ2n) is 5.81. The van der Waals surface area contributed by atoms with Crippen LogP contribution in [-0.4, -0.2) is 40.3 Å². The molecule has 1 fully saturated rings. The second-order valence-corrected chi connectivity index (χ2v) is 7.71. The summed E-state index contributed by atoms with van der Waals surface area (Å²) in [5, 5.41) is 2.97. The Labute approximate surface area is 137 Å². The number of para-hydroxylation sites is 2. The van der Waals surface area contributed by atoms with Crippen molar-refractivity contribution in [1.29, 1.82) is 0 Å². The van der Waals surface area contributed by atoms with Gasteiger partial charge in [0.15, 0.2) is 0 Å². The maximum absolute atomic E-state index is 12.1. The Morgan fingerprint density at radius 1 is 1.30 bits per heavy atom. The molecule has 0 aromatic heterocycles. The van der Waals surface area contributed by atoms with Gasteiger partial charge in [-0.2, -0.15) is 0 Å². The minimum atomic E-state index is -3.50. The van der Waals surface area contributed by atoms with Crippen molar-refractivity contribution in [3.05, 3.63) is 24.3 Å². The minimum Gasteiger partial charge on any atom is -0.495 e. The lowest BCUT2D eigenvalue weighted by Crippen LogP contribution is -2.37. The molecule has 1 aliphatic carbocycles. The zero-order chi connectivity index (χ0) is 16.9. The summed E-state index contributed by atoms with van der Waals surface area (Å²) in [6, 6.07) is 7.13. The van der Waals surface area contributed by atoms with Gasteiger partial charge >= 0.3 is 0 Å². The van der Waals surface area contributed by atoms with Crippen molar-refractivity contribution in [2.75, 3.05) is 24.2 Å². The van der Waals surface area contributed by atoms with E-state index in [0.29, 0.717) is 11.4 Å². The largest absolute Gasteiger partial charge is 0.495 e. The molecule has 0 atom stereocenters. The summed E-state index contributed by atoms with van der Waals surface area (Å²) in [4.78, 5) is 12.1. The number of sulfonamides is 1. The molecule has 0 unspecified atom stereocenters. The average molecular weight is 340 g/mol.